The molecule has 2 rings (SSSR count). The molecule has 6 nitrogen and oxygen atoms in total. The number of aromatic nitrogens is 4. The van der Waals surface area contributed by atoms with Crippen molar-refractivity contribution in [3.8, 4) is 0 Å². The molecule has 0 radical (unpaired) electrons. The molecule has 0 saturated carbocycles. The van der Waals surface area contributed by atoms with Gasteiger partial charge in [-0.15, -0.1) is 0 Å². The highest BCUT2D eigenvalue weighted by Gasteiger charge is 1.75. The second kappa shape index (κ2) is 7.51. The Labute approximate surface area is 94.2 Å². The third-order valence-corrected chi connectivity index (χ3v) is 1.17. The summed E-state index contributed by atoms with van der Waals surface area (Å²) in [4.78, 5) is 14.6. The molecule has 2 aromatic heterocycles. The number of anilines is 2. The van der Waals surface area contributed by atoms with Crippen LogP contribution >= 0.6 is 13.5 Å². The van der Waals surface area contributed by atoms with E-state index in [-0.39, 0.29) is 13.5 Å². The molecule has 0 atom stereocenters. The maximum absolute atomic E-state index is 5.14. The first-order valence-electron chi connectivity index (χ1n) is 3.84. The summed E-state index contributed by atoms with van der Waals surface area (Å²) < 4.78 is 0. The second-order valence-corrected chi connectivity index (χ2v) is 2.21. The summed E-state index contributed by atoms with van der Waals surface area (Å²) >= 11 is 0. The molecule has 0 aliphatic carbocycles. The number of nitrogens with two attached hydrogens (primary N) is 2. The van der Waals surface area contributed by atoms with Gasteiger partial charge in [-0.25, -0.2) is 19.9 Å². The third kappa shape index (κ3) is 6.22. The standard InChI is InChI=1S/2C4H5N3.H2S/c2*5-4-6-2-1-3-7-4;/h2*1-3H,(H2,5,6,7);1H2. The highest BCUT2D eigenvalue weighted by atomic mass is 32.1. The molecule has 15 heavy (non-hydrogen) atoms. The van der Waals surface area contributed by atoms with Crippen LogP contribution in [-0.4, -0.2) is 19.9 Å². The fraction of sp³-hybridized carbons (Fsp3) is 0. The van der Waals surface area contributed by atoms with Gasteiger partial charge in [0.25, 0.3) is 0 Å². The molecule has 0 aliphatic rings. The van der Waals surface area contributed by atoms with E-state index in [9.17, 15) is 0 Å². The summed E-state index contributed by atoms with van der Waals surface area (Å²) in [6, 6.07) is 3.44. The Hall–Kier alpha value is -1.89. The first-order chi connectivity index (χ1) is 6.79. The predicted octanol–water partition coefficient (Wildman–Crippen LogP) is 0.230. The van der Waals surface area contributed by atoms with Crippen molar-refractivity contribution in [3.05, 3.63) is 36.9 Å². The fourth-order valence-corrected chi connectivity index (χ4v) is 0.621. The van der Waals surface area contributed by atoms with Crippen LogP contribution in [-0.2, 0) is 0 Å². The van der Waals surface area contributed by atoms with E-state index in [0.717, 1.165) is 0 Å². The van der Waals surface area contributed by atoms with Crippen molar-refractivity contribution in [1.82, 2.24) is 19.9 Å². The molecule has 0 fully saturated rings. The quantitative estimate of drug-likeness (QED) is 0.664. The van der Waals surface area contributed by atoms with Crippen LogP contribution in [0.4, 0.5) is 11.9 Å². The highest BCUT2D eigenvalue weighted by molar-refractivity contribution is 7.59. The van der Waals surface area contributed by atoms with Crippen LogP contribution in [0.3, 0.4) is 0 Å². The van der Waals surface area contributed by atoms with Crippen LogP contribution in [0.15, 0.2) is 36.9 Å². The van der Waals surface area contributed by atoms with Crippen molar-refractivity contribution in [1.29, 1.82) is 0 Å². The lowest BCUT2D eigenvalue weighted by Crippen LogP contribution is -1.90. The van der Waals surface area contributed by atoms with Gasteiger partial charge in [-0.2, -0.15) is 13.5 Å². The van der Waals surface area contributed by atoms with E-state index in [1.807, 2.05) is 0 Å². The summed E-state index contributed by atoms with van der Waals surface area (Å²) in [5, 5.41) is 0. The molecule has 4 N–H and O–H groups in total. The molecule has 0 amide bonds. The Morgan fingerprint density at radius 2 is 0.933 bits per heavy atom. The number of rotatable bonds is 0. The fourth-order valence-electron chi connectivity index (χ4n) is 0.621. The van der Waals surface area contributed by atoms with Crippen LogP contribution < -0.4 is 11.5 Å². The SMILES string of the molecule is Nc1ncccn1.Nc1ncccn1.S. The molecule has 0 saturated heterocycles. The van der Waals surface area contributed by atoms with E-state index in [0.29, 0.717) is 11.9 Å². The van der Waals surface area contributed by atoms with Gasteiger partial charge < -0.3 is 11.5 Å². The molecule has 0 bridgehead atoms. The van der Waals surface area contributed by atoms with Crippen molar-refractivity contribution >= 4 is 25.4 Å². The van der Waals surface area contributed by atoms with E-state index in [2.05, 4.69) is 19.9 Å². The lowest BCUT2D eigenvalue weighted by atomic mass is 10.7. The summed E-state index contributed by atoms with van der Waals surface area (Å²) in [6.07, 6.45) is 6.40. The van der Waals surface area contributed by atoms with Crippen molar-refractivity contribution in [2.45, 2.75) is 0 Å². The van der Waals surface area contributed by atoms with Crippen LogP contribution in [0.25, 0.3) is 0 Å². The minimum absolute atomic E-state index is 0. The van der Waals surface area contributed by atoms with E-state index in [4.69, 9.17) is 11.5 Å². The molecule has 0 spiro atoms. The Morgan fingerprint density at radius 3 is 1.07 bits per heavy atom. The summed E-state index contributed by atoms with van der Waals surface area (Å²) in [5.41, 5.74) is 10.3. The van der Waals surface area contributed by atoms with Gasteiger partial charge in [-0.1, -0.05) is 0 Å². The minimum atomic E-state index is 0. The molecule has 2 aromatic rings. The average molecular weight is 224 g/mol. The van der Waals surface area contributed by atoms with Crippen molar-refractivity contribution in [2.24, 2.45) is 0 Å². The van der Waals surface area contributed by atoms with Crippen LogP contribution in [0.1, 0.15) is 0 Å². The monoisotopic (exact) mass is 224 g/mol. The minimum Gasteiger partial charge on any atom is -0.368 e. The molecular formula is C8H12N6S. The van der Waals surface area contributed by atoms with Gasteiger partial charge in [0.05, 0.1) is 0 Å². The molecule has 2 heterocycles. The molecule has 0 unspecified atom stereocenters. The van der Waals surface area contributed by atoms with Gasteiger partial charge >= 0.3 is 0 Å². The van der Waals surface area contributed by atoms with Crippen LogP contribution in [0.2, 0.25) is 0 Å². The van der Waals surface area contributed by atoms with Crippen molar-refractivity contribution < 1.29 is 0 Å². The number of nitrogens with zero attached hydrogens (tertiary/aromatic N) is 4. The van der Waals surface area contributed by atoms with Gasteiger partial charge in [-0.3, -0.25) is 0 Å². The Morgan fingerprint density at radius 1 is 0.667 bits per heavy atom. The molecule has 0 aliphatic heterocycles. The summed E-state index contributed by atoms with van der Waals surface area (Å²) in [5.74, 6) is 0.644. The van der Waals surface area contributed by atoms with E-state index in [1.54, 1.807) is 36.9 Å². The number of nitrogen functional groups attached to an aromatic ring is 2. The maximum Gasteiger partial charge on any atom is 0.219 e. The maximum atomic E-state index is 5.14. The molecule has 80 valence electrons. The molecule has 7 heteroatoms. The summed E-state index contributed by atoms with van der Waals surface area (Å²) in [6.45, 7) is 0. The highest BCUT2D eigenvalue weighted by Crippen LogP contribution is 1.82. The molecule has 0 aromatic carbocycles. The van der Waals surface area contributed by atoms with Gasteiger partial charge in [0.15, 0.2) is 0 Å². The van der Waals surface area contributed by atoms with Gasteiger partial charge in [0.2, 0.25) is 11.9 Å². The first-order valence-corrected chi connectivity index (χ1v) is 3.84. The zero-order valence-electron chi connectivity index (χ0n) is 7.91. The van der Waals surface area contributed by atoms with E-state index >= 15 is 0 Å². The zero-order chi connectivity index (χ0) is 10.2. The number of hydrogen-bond donors (Lipinski definition) is 2. The Balaban J connectivity index is 0.000000245. The van der Waals surface area contributed by atoms with Crippen molar-refractivity contribution in [2.75, 3.05) is 11.5 Å². The topological polar surface area (TPSA) is 104 Å². The van der Waals surface area contributed by atoms with Crippen molar-refractivity contribution in [3.63, 3.8) is 0 Å². The third-order valence-electron chi connectivity index (χ3n) is 1.17. The summed E-state index contributed by atoms with van der Waals surface area (Å²) in [7, 11) is 0. The Bertz CT molecular complexity index is 317. The smallest absolute Gasteiger partial charge is 0.219 e. The lowest BCUT2D eigenvalue weighted by Gasteiger charge is -1.82. The second-order valence-electron chi connectivity index (χ2n) is 2.21. The van der Waals surface area contributed by atoms with Gasteiger partial charge in [0, 0.05) is 24.8 Å². The normalized spacial score (nSPS) is 8.00. The number of hydrogen-bond acceptors (Lipinski definition) is 6. The Kier molecular flexibility index (Phi) is 6.56. The largest absolute Gasteiger partial charge is 0.368 e. The zero-order valence-corrected chi connectivity index (χ0v) is 8.91. The first kappa shape index (κ1) is 13.1. The molecular weight excluding hydrogens is 212 g/mol. The predicted molar refractivity (Wildman–Crippen MR) is 63.3 cm³/mol. The van der Waals surface area contributed by atoms with Gasteiger partial charge in [-0.05, 0) is 12.1 Å². The van der Waals surface area contributed by atoms with E-state index in [1.165, 1.54) is 0 Å². The van der Waals surface area contributed by atoms with Crippen LogP contribution in [0.5, 0.6) is 0 Å². The van der Waals surface area contributed by atoms with Gasteiger partial charge in [0.1, 0.15) is 0 Å². The van der Waals surface area contributed by atoms with Crippen LogP contribution in [0, 0.1) is 0 Å². The lowest BCUT2D eigenvalue weighted by molar-refractivity contribution is 1.19. The van der Waals surface area contributed by atoms with E-state index < -0.39 is 0 Å². The average Bonchev–Trinajstić information content (AvgIpc) is 2.21.